The molecule has 78 valence electrons. The Kier molecular flexibility index (Phi) is 2.51. The van der Waals surface area contributed by atoms with Gasteiger partial charge in [-0.05, 0) is 18.6 Å². The fraction of sp³-hybridized carbons (Fsp3) is 0.273. The predicted molar refractivity (Wildman–Crippen MR) is 59.1 cm³/mol. The Bertz CT molecular complexity index is 473. The smallest absolute Gasteiger partial charge is 0.158 e. The van der Waals surface area contributed by atoms with E-state index in [1.165, 1.54) is 0 Å². The molecule has 4 heteroatoms. The molecular weight excluding hydrogens is 188 g/mol. The van der Waals surface area contributed by atoms with Crippen LogP contribution in [0.1, 0.15) is 11.4 Å². The summed E-state index contributed by atoms with van der Waals surface area (Å²) in [4.78, 5) is 4.37. The van der Waals surface area contributed by atoms with Gasteiger partial charge in [0.2, 0.25) is 0 Å². The molecular formula is C11H14N4. The van der Waals surface area contributed by atoms with Crippen molar-refractivity contribution in [3.8, 4) is 11.4 Å². The third-order valence-electron chi connectivity index (χ3n) is 2.29. The minimum Gasteiger partial charge on any atom is -0.326 e. The minimum absolute atomic E-state index is 0.546. The fourth-order valence-corrected chi connectivity index (χ4v) is 1.60. The van der Waals surface area contributed by atoms with Gasteiger partial charge < -0.3 is 5.73 Å². The average molecular weight is 202 g/mol. The number of nitrogens with two attached hydrogens (primary N) is 1. The van der Waals surface area contributed by atoms with E-state index in [0.717, 1.165) is 22.8 Å². The molecule has 0 fully saturated rings. The third kappa shape index (κ3) is 1.89. The number of nitrogens with zero attached hydrogens (tertiary/aromatic N) is 3. The number of aromatic nitrogens is 3. The van der Waals surface area contributed by atoms with Gasteiger partial charge in [0.1, 0.15) is 5.82 Å². The third-order valence-corrected chi connectivity index (χ3v) is 2.29. The summed E-state index contributed by atoms with van der Waals surface area (Å²) in [5, 5.41) is 4.22. The molecule has 0 aliphatic rings. The van der Waals surface area contributed by atoms with E-state index in [9.17, 15) is 0 Å². The van der Waals surface area contributed by atoms with Crippen LogP contribution in [0.25, 0.3) is 11.4 Å². The van der Waals surface area contributed by atoms with Gasteiger partial charge in [-0.3, -0.25) is 0 Å². The van der Waals surface area contributed by atoms with Crippen LogP contribution in [0.2, 0.25) is 0 Å². The molecule has 0 unspecified atom stereocenters. The fourth-order valence-electron chi connectivity index (χ4n) is 1.60. The van der Waals surface area contributed by atoms with Crippen LogP contribution in [0.4, 0.5) is 0 Å². The molecule has 2 rings (SSSR count). The van der Waals surface area contributed by atoms with Crippen molar-refractivity contribution in [2.45, 2.75) is 13.5 Å². The van der Waals surface area contributed by atoms with E-state index in [1.54, 1.807) is 4.68 Å². The van der Waals surface area contributed by atoms with Crippen LogP contribution in [0.5, 0.6) is 0 Å². The van der Waals surface area contributed by atoms with Gasteiger partial charge in [-0.1, -0.05) is 18.2 Å². The van der Waals surface area contributed by atoms with Crippen LogP contribution in [0, 0.1) is 6.92 Å². The summed E-state index contributed by atoms with van der Waals surface area (Å²) in [5.41, 5.74) is 7.76. The highest BCUT2D eigenvalue weighted by Gasteiger charge is 2.06. The lowest BCUT2D eigenvalue weighted by molar-refractivity contribution is 0.764. The normalized spacial score (nSPS) is 10.6. The van der Waals surface area contributed by atoms with Gasteiger partial charge >= 0.3 is 0 Å². The minimum atomic E-state index is 0.546. The van der Waals surface area contributed by atoms with Gasteiger partial charge in [-0.2, -0.15) is 5.10 Å². The van der Waals surface area contributed by atoms with Gasteiger partial charge in [0.25, 0.3) is 0 Å². The van der Waals surface area contributed by atoms with Crippen LogP contribution in [-0.2, 0) is 13.6 Å². The van der Waals surface area contributed by atoms with Crippen molar-refractivity contribution in [1.29, 1.82) is 0 Å². The van der Waals surface area contributed by atoms with Crippen LogP contribution >= 0.6 is 0 Å². The first kappa shape index (κ1) is 9.86. The van der Waals surface area contributed by atoms with Gasteiger partial charge in [0, 0.05) is 19.2 Å². The van der Waals surface area contributed by atoms with Gasteiger partial charge in [-0.15, -0.1) is 0 Å². The Morgan fingerprint density at radius 1 is 1.40 bits per heavy atom. The molecule has 0 saturated heterocycles. The molecule has 0 atom stereocenters. The van der Waals surface area contributed by atoms with Crippen molar-refractivity contribution in [2.75, 3.05) is 0 Å². The van der Waals surface area contributed by atoms with Crippen molar-refractivity contribution >= 4 is 0 Å². The first-order valence-corrected chi connectivity index (χ1v) is 4.87. The first-order valence-electron chi connectivity index (χ1n) is 4.87. The summed E-state index contributed by atoms with van der Waals surface area (Å²) in [6, 6.07) is 8.06. The van der Waals surface area contributed by atoms with E-state index in [2.05, 4.69) is 10.1 Å². The van der Waals surface area contributed by atoms with E-state index < -0.39 is 0 Å². The molecule has 4 nitrogen and oxygen atoms in total. The van der Waals surface area contributed by atoms with Gasteiger partial charge in [0.15, 0.2) is 5.82 Å². The highest BCUT2D eigenvalue weighted by Crippen LogP contribution is 2.17. The van der Waals surface area contributed by atoms with Crippen molar-refractivity contribution in [3.63, 3.8) is 0 Å². The number of aryl methyl sites for hydroxylation is 2. The Morgan fingerprint density at radius 3 is 2.80 bits per heavy atom. The molecule has 1 heterocycles. The maximum atomic E-state index is 5.60. The Balaban J connectivity index is 2.49. The zero-order chi connectivity index (χ0) is 10.8. The Labute approximate surface area is 88.8 Å². The first-order chi connectivity index (χ1) is 7.20. The van der Waals surface area contributed by atoms with Crippen molar-refractivity contribution in [3.05, 3.63) is 35.7 Å². The summed E-state index contributed by atoms with van der Waals surface area (Å²) < 4.78 is 1.78. The molecule has 0 aliphatic heterocycles. The lowest BCUT2D eigenvalue weighted by atomic mass is 10.1. The number of rotatable bonds is 2. The maximum absolute atomic E-state index is 5.60. The predicted octanol–water partition coefficient (Wildman–Crippen LogP) is 1.25. The summed E-state index contributed by atoms with van der Waals surface area (Å²) in [7, 11) is 1.89. The molecule has 1 aromatic carbocycles. The second kappa shape index (κ2) is 3.82. The highest BCUT2D eigenvalue weighted by molar-refractivity contribution is 5.56. The van der Waals surface area contributed by atoms with Crippen LogP contribution in [-0.4, -0.2) is 14.8 Å². The molecule has 2 aromatic rings. The van der Waals surface area contributed by atoms with Crippen LogP contribution in [0.3, 0.4) is 0 Å². The van der Waals surface area contributed by atoms with E-state index in [0.29, 0.717) is 6.54 Å². The molecule has 0 saturated carbocycles. The number of hydrogen-bond acceptors (Lipinski definition) is 3. The molecule has 0 amide bonds. The summed E-state index contributed by atoms with van der Waals surface area (Å²) in [6.45, 7) is 2.43. The van der Waals surface area contributed by atoms with E-state index in [4.69, 9.17) is 5.73 Å². The molecule has 0 spiro atoms. The number of hydrogen-bond donors (Lipinski definition) is 1. The topological polar surface area (TPSA) is 56.7 Å². The summed E-state index contributed by atoms with van der Waals surface area (Å²) >= 11 is 0. The number of benzene rings is 1. The SMILES string of the molecule is Cc1nc(-c2cccc(CN)c2)n(C)n1. The maximum Gasteiger partial charge on any atom is 0.158 e. The van der Waals surface area contributed by atoms with E-state index in [-0.39, 0.29) is 0 Å². The molecule has 2 N–H and O–H groups in total. The second-order valence-electron chi connectivity index (χ2n) is 3.51. The lowest BCUT2D eigenvalue weighted by Crippen LogP contribution is -1.98. The largest absolute Gasteiger partial charge is 0.326 e. The van der Waals surface area contributed by atoms with Gasteiger partial charge in [0.05, 0.1) is 0 Å². The highest BCUT2D eigenvalue weighted by atomic mass is 15.3. The van der Waals surface area contributed by atoms with E-state index in [1.807, 2.05) is 38.2 Å². The van der Waals surface area contributed by atoms with Crippen molar-refractivity contribution in [2.24, 2.45) is 12.8 Å². The quantitative estimate of drug-likeness (QED) is 0.797. The molecule has 0 aliphatic carbocycles. The molecule has 15 heavy (non-hydrogen) atoms. The van der Waals surface area contributed by atoms with Crippen LogP contribution in [0.15, 0.2) is 24.3 Å². The van der Waals surface area contributed by atoms with Crippen LogP contribution < -0.4 is 5.73 Å². The summed E-state index contributed by atoms with van der Waals surface area (Å²) in [5.74, 6) is 1.66. The second-order valence-corrected chi connectivity index (χ2v) is 3.51. The lowest BCUT2D eigenvalue weighted by Gasteiger charge is -2.02. The van der Waals surface area contributed by atoms with Gasteiger partial charge in [-0.25, -0.2) is 9.67 Å². The Morgan fingerprint density at radius 2 is 2.20 bits per heavy atom. The molecule has 1 aromatic heterocycles. The van der Waals surface area contributed by atoms with E-state index >= 15 is 0 Å². The molecule has 0 radical (unpaired) electrons. The average Bonchev–Trinajstić information content (AvgIpc) is 2.58. The zero-order valence-electron chi connectivity index (χ0n) is 8.94. The monoisotopic (exact) mass is 202 g/mol. The zero-order valence-corrected chi connectivity index (χ0v) is 8.94. The standard InChI is InChI=1S/C11H14N4/c1-8-13-11(15(2)14-8)10-5-3-4-9(6-10)7-12/h3-6H,7,12H2,1-2H3. The van der Waals surface area contributed by atoms with Crippen molar-refractivity contribution < 1.29 is 0 Å². The Hall–Kier alpha value is -1.68. The summed E-state index contributed by atoms with van der Waals surface area (Å²) in [6.07, 6.45) is 0. The molecule has 0 bridgehead atoms. The van der Waals surface area contributed by atoms with Crippen molar-refractivity contribution in [1.82, 2.24) is 14.8 Å².